The van der Waals surface area contributed by atoms with Gasteiger partial charge >= 0.3 is 0 Å². The third kappa shape index (κ3) is 7.86. The lowest BCUT2D eigenvalue weighted by Gasteiger charge is -2.20. The molecule has 90 valence electrons. The Bertz CT molecular complexity index is 153. The van der Waals surface area contributed by atoms with Crippen LogP contribution < -0.4 is 5.32 Å². The molecule has 0 aromatic rings. The summed E-state index contributed by atoms with van der Waals surface area (Å²) in [4.78, 5) is 10.9. The third-order valence-corrected chi connectivity index (χ3v) is 3.45. The zero-order valence-electron chi connectivity index (χ0n) is 10.3. The molecule has 0 aliphatic rings. The minimum absolute atomic E-state index is 0.0561. The molecule has 0 rings (SSSR count). The highest BCUT2D eigenvalue weighted by Crippen LogP contribution is 2.07. The van der Waals surface area contributed by atoms with Crippen molar-refractivity contribution in [3.63, 3.8) is 0 Å². The van der Waals surface area contributed by atoms with Gasteiger partial charge in [-0.1, -0.05) is 27.2 Å². The number of thioether (sulfide) groups is 1. The van der Waals surface area contributed by atoms with E-state index in [2.05, 4.69) is 26.1 Å². The van der Waals surface area contributed by atoms with E-state index in [4.69, 9.17) is 0 Å². The zero-order chi connectivity index (χ0) is 11.5. The second kappa shape index (κ2) is 10.5. The molecule has 0 spiro atoms. The van der Waals surface area contributed by atoms with Crippen molar-refractivity contribution in [2.75, 3.05) is 11.5 Å². The average molecular weight is 231 g/mol. The van der Waals surface area contributed by atoms with Crippen molar-refractivity contribution in [2.24, 2.45) is 0 Å². The Balaban J connectivity index is 3.78. The van der Waals surface area contributed by atoms with Crippen molar-refractivity contribution < 1.29 is 4.79 Å². The molecule has 0 aromatic heterocycles. The molecular weight excluding hydrogens is 206 g/mol. The highest BCUT2D eigenvalue weighted by molar-refractivity contribution is 7.99. The first-order valence-electron chi connectivity index (χ1n) is 6.07. The van der Waals surface area contributed by atoms with Gasteiger partial charge in [-0.25, -0.2) is 0 Å². The predicted octanol–water partition coefficient (Wildman–Crippen LogP) is 2.87. The van der Waals surface area contributed by atoms with Crippen molar-refractivity contribution in [3.05, 3.63) is 0 Å². The first-order chi connectivity index (χ1) is 7.28. The number of carbonyl (C=O) groups is 1. The quantitative estimate of drug-likeness (QED) is 0.463. The molecule has 0 heterocycles. The summed E-state index contributed by atoms with van der Waals surface area (Å²) in [5.74, 6) is 2.22. The van der Waals surface area contributed by atoms with Gasteiger partial charge in [-0.2, -0.15) is 11.8 Å². The van der Waals surface area contributed by atoms with Gasteiger partial charge in [-0.05, 0) is 30.8 Å². The molecule has 0 saturated heterocycles. The number of aldehydes is 1. The first kappa shape index (κ1) is 15.0. The van der Waals surface area contributed by atoms with Gasteiger partial charge < -0.3 is 10.1 Å². The Morgan fingerprint density at radius 2 is 2.00 bits per heavy atom. The van der Waals surface area contributed by atoms with Crippen LogP contribution in [-0.2, 0) is 4.79 Å². The predicted molar refractivity (Wildman–Crippen MR) is 69.6 cm³/mol. The van der Waals surface area contributed by atoms with Gasteiger partial charge in [-0.3, -0.25) is 0 Å². The van der Waals surface area contributed by atoms with Crippen LogP contribution in [0, 0.1) is 0 Å². The van der Waals surface area contributed by atoms with E-state index in [0.29, 0.717) is 6.04 Å². The standard InChI is InChI=1S/C12H25NOS/c1-4-7-11(5-2)13-12(10-14)8-9-15-6-3/h10-13H,4-9H2,1-3H3/t11?,12-/m0/s1. The lowest BCUT2D eigenvalue weighted by molar-refractivity contribution is -0.109. The van der Waals surface area contributed by atoms with Crippen molar-refractivity contribution in [1.29, 1.82) is 0 Å². The molecule has 0 aliphatic carbocycles. The molecule has 0 bridgehead atoms. The summed E-state index contributed by atoms with van der Waals surface area (Å²) < 4.78 is 0. The van der Waals surface area contributed by atoms with Gasteiger partial charge in [0.2, 0.25) is 0 Å². The zero-order valence-corrected chi connectivity index (χ0v) is 11.1. The van der Waals surface area contributed by atoms with Crippen molar-refractivity contribution in [2.45, 2.75) is 58.5 Å². The van der Waals surface area contributed by atoms with Gasteiger partial charge in [0.15, 0.2) is 0 Å². The van der Waals surface area contributed by atoms with Gasteiger partial charge in [0.05, 0.1) is 6.04 Å². The van der Waals surface area contributed by atoms with E-state index in [0.717, 1.165) is 30.6 Å². The smallest absolute Gasteiger partial charge is 0.136 e. The highest BCUT2D eigenvalue weighted by atomic mass is 32.2. The topological polar surface area (TPSA) is 29.1 Å². The fourth-order valence-electron chi connectivity index (χ4n) is 1.60. The van der Waals surface area contributed by atoms with Gasteiger partial charge in [0.1, 0.15) is 6.29 Å². The maximum absolute atomic E-state index is 10.9. The maximum Gasteiger partial charge on any atom is 0.136 e. The van der Waals surface area contributed by atoms with Crippen molar-refractivity contribution in [1.82, 2.24) is 5.32 Å². The Labute approximate surface area is 98.6 Å². The molecule has 0 saturated carbocycles. The van der Waals surface area contributed by atoms with Crippen LogP contribution in [0.15, 0.2) is 0 Å². The lowest BCUT2D eigenvalue weighted by atomic mass is 10.1. The minimum atomic E-state index is 0.0561. The SMILES string of the molecule is CCCC(CC)N[C@H](C=O)CCSCC. The van der Waals surface area contributed by atoms with E-state index in [1.54, 1.807) is 0 Å². The number of nitrogens with one attached hydrogen (secondary N) is 1. The number of carbonyl (C=O) groups excluding carboxylic acids is 1. The largest absolute Gasteiger partial charge is 0.305 e. The molecule has 3 heteroatoms. The van der Waals surface area contributed by atoms with Crippen LogP contribution >= 0.6 is 11.8 Å². The van der Waals surface area contributed by atoms with Crippen LogP contribution in [0.25, 0.3) is 0 Å². The summed E-state index contributed by atoms with van der Waals surface area (Å²) in [5, 5.41) is 3.43. The van der Waals surface area contributed by atoms with Crippen LogP contribution in [0.5, 0.6) is 0 Å². The highest BCUT2D eigenvalue weighted by Gasteiger charge is 2.12. The maximum atomic E-state index is 10.9. The molecule has 2 atom stereocenters. The molecule has 0 aliphatic heterocycles. The fourth-order valence-corrected chi connectivity index (χ4v) is 2.31. The first-order valence-corrected chi connectivity index (χ1v) is 7.22. The minimum Gasteiger partial charge on any atom is -0.305 e. The number of rotatable bonds is 10. The van der Waals surface area contributed by atoms with Crippen molar-refractivity contribution in [3.8, 4) is 0 Å². The molecule has 2 nitrogen and oxygen atoms in total. The second-order valence-corrected chi connectivity index (χ2v) is 5.18. The molecular formula is C12H25NOS. The van der Waals surface area contributed by atoms with E-state index < -0.39 is 0 Å². The Morgan fingerprint density at radius 1 is 1.27 bits per heavy atom. The second-order valence-electron chi connectivity index (χ2n) is 3.79. The summed E-state index contributed by atoms with van der Waals surface area (Å²) in [6, 6.07) is 0.567. The normalized spacial score (nSPS) is 14.9. The number of hydrogen-bond acceptors (Lipinski definition) is 3. The van der Waals surface area contributed by atoms with Crippen LogP contribution in [0.4, 0.5) is 0 Å². The average Bonchev–Trinajstić information content (AvgIpc) is 2.26. The summed E-state index contributed by atoms with van der Waals surface area (Å²) in [6.07, 6.45) is 5.48. The van der Waals surface area contributed by atoms with Gasteiger partial charge in [0, 0.05) is 6.04 Å². The summed E-state index contributed by atoms with van der Waals surface area (Å²) in [6.45, 7) is 6.52. The Hall–Kier alpha value is -0.0200. The summed E-state index contributed by atoms with van der Waals surface area (Å²) in [5.41, 5.74) is 0. The fraction of sp³-hybridized carbons (Fsp3) is 0.917. The number of hydrogen-bond donors (Lipinski definition) is 1. The molecule has 15 heavy (non-hydrogen) atoms. The summed E-state index contributed by atoms with van der Waals surface area (Å²) >= 11 is 1.90. The monoisotopic (exact) mass is 231 g/mol. The van der Waals surface area contributed by atoms with E-state index in [-0.39, 0.29) is 6.04 Å². The van der Waals surface area contributed by atoms with Crippen LogP contribution in [-0.4, -0.2) is 29.9 Å². The van der Waals surface area contributed by atoms with Gasteiger partial charge in [0.25, 0.3) is 0 Å². The van der Waals surface area contributed by atoms with Gasteiger partial charge in [-0.15, -0.1) is 0 Å². The van der Waals surface area contributed by atoms with Crippen LogP contribution in [0.1, 0.15) is 46.5 Å². The molecule has 0 aromatic carbocycles. The van der Waals surface area contributed by atoms with Crippen LogP contribution in [0.3, 0.4) is 0 Å². The third-order valence-electron chi connectivity index (χ3n) is 2.52. The van der Waals surface area contributed by atoms with E-state index in [9.17, 15) is 4.79 Å². The van der Waals surface area contributed by atoms with Crippen molar-refractivity contribution >= 4 is 18.0 Å². The summed E-state index contributed by atoms with van der Waals surface area (Å²) in [7, 11) is 0. The van der Waals surface area contributed by atoms with Crippen LogP contribution in [0.2, 0.25) is 0 Å². The molecule has 0 amide bonds. The Kier molecular flexibility index (Phi) is 10.5. The Morgan fingerprint density at radius 3 is 2.47 bits per heavy atom. The molecule has 1 unspecified atom stereocenters. The van der Waals surface area contributed by atoms with E-state index in [1.165, 1.54) is 12.8 Å². The molecule has 1 N–H and O–H groups in total. The van der Waals surface area contributed by atoms with E-state index >= 15 is 0 Å². The lowest BCUT2D eigenvalue weighted by Crippen LogP contribution is -2.39. The van der Waals surface area contributed by atoms with E-state index in [1.807, 2.05) is 11.8 Å². The molecule has 0 radical (unpaired) electrons. The molecule has 0 fully saturated rings.